The topological polar surface area (TPSA) is 80.2 Å². The van der Waals surface area contributed by atoms with Crippen molar-refractivity contribution in [3.63, 3.8) is 0 Å². The van der Waals surface area contributed by atoms with Crippen LogP contribution in [0.4, 0.5) is 0 Å². The highest BCUT2D eigenvalue weighted by atomic mass is 35.5. The molecule has 0 saturated carbocycles. The Morgan fingerprint density at radius 1 is 1.21 bits per heavy atom. The molecule has 1 saturated heterocycles. The van der Waals surface area contributed by atoms with Gasteiger partial charge in [0.05, 0.1) is 19.2 Å². The summed E-state index contributed by atoms with van der Waals surface area (Å²) in [5, 5.41) is 17.3. The molecule has 1 aromatic rings. The summed E-state index contributed by atoms with van der Waals surface area (Å²) in [4.78, 5) is 20.9. The number of benzene rings is 1. The molecule has 7 nitrogen and oxygen atoms in total. The van der Waals surface area contributed by atoms with E-state index in [1.54, 1.807) is 12.1 Å². The number of carbonyl (C=O) groups excluding carboxylic acids is 1. The number of nitrogens with zero attached hydrogens (tertiary/aromatic N) is 3. The van der Waals surface area contributed by atoms with E-state index < -0.39 is 6.10 Å². The number of aliphatic hydroxyl groups excluding tert-OH is 1. The van der Waals surface area contributed by atoms with Crippen LogP contribution in [0.25, 0.3) is 0 Å². The van der Waals surface area contributed by atoms with E-state index in [-0.39, 0.29) is 18.5 Å². The maximum absolute atomic E-state index is 11.9. The normalized spacial score (nSPS) is 16.9. The monoisotopic (exact) mass is 409 g/mol. The fourth-order valence-electron chi connectivity index (χ4n) is 3.08. The zero-order chi connectivity index (χ0) is 20.5. The van der Waals surface area contributed by atoms with Gasteiger partial charge in [0.1, 0.15) is 0 Å². The van der Waals surface area contributed by atoms with Gasteiger partial charge >= 0.3 is 0 Å². The lowest BCUT2D eigenvalue weighted by atomic mass is 10.1. The molecule has 1 heterocycles. The zero-order valence-electron chi connectivity index (χ0n) is 17.0. The van der Waals surface area contributed by atoms with Crippen molar-refractivity contribution in [2.45, 2.75) is 32.9 Å². The molecule has 3 N–H and O–H groups in total. The second-order valence-electron chi connectivity index (χ2n) is 7.25. The summed E-state index contributed by atoms with van der Waals surface area (Å²) in [6, 6.07) is 7.33. The molecule has 0 radical (unpaired) electrons. The summed E-state index contributed by atoms with van der Waals surface area (Å²) in [5.74, 6) is 0.858. The molecular weight excluding hydrogens is 378 g/mol. The van der Waals surface area contributed by atoms with Crippen molar-refractivity contribution in [3.05, 3.63) is 34.9 Å². The second-order valence-corrected chi connectivity index (χ2v) is 7.68. The number of halogens is 1. The van der Waals surface area contributed by atoms with E-state index in [4.69, 9.17) is 11.6 Å². The number of aliphatic imine (C=N–C) groups is 1. The maximum Gasteiger partial charge on any atom is 0.234 e. The average Bonchev–Trinajstić information content (AvgIpc) is 2.65. The minimum Gasteiger partial charge on any atom is -0.386 e. The van der Waals surface area contributed by atoms with Gasteiger partial charge in [0.15, 0.2) is 5.96 Å². The number of carbonyl (C=O) groups is 1. The average molecular weight is 410 g/mol. The molecule has 1 amide bonds. The van der Waals surface area contributed by atoms with Gasteiger partial charge in [0.2, 0.25) is 5.91 Å². The molecule has 1 aliphatic rings. The molecule has 0 bridgehead atoms. The number of hydrogen-bond acceptors (Lipinski definition) is 4. The molecule has 156 valence electrons. The lowest BCUT2D eigenvalue weighted by Gasteiger charge is -2.36. The van der Waals surface area contributed by atoms with Crippen LogP contribution in [0.1, 0.15) is 32.4 Å². The van der Waals surface area contributed by atoms with Gasteiger partial charge in [-0.2, -0.15) is 0 Å². The number of nitrogens with one attached hydrogen (secondary N) is 2. The van der Waals surface area contributed by atoms with Crippen molar-refractivity contribution >= 4 is 23.5 Å². The molecule has 28 heavy (non-hydrogen) atoms. The lowest BCUT2D eigenvalue weighted by molar-refractivity contribution is -0.123. The van der Waals surface area contributed by atoms with Gasteiger partial charge in [0, 0.05) is 43.8 Å². The van der Waals surface area contributed by atoms with Crippen LogP contribution in [-0.4, -0.2) is 78.6 Å². The fraction of sp³-hybridized carbons (Fsp3) is 0.600. The molecular formula is C20H32ClN5O2. The Hall–Kier alpha value is -1.83. The molecule has 8 heteroatoms. The van der Waals surface area contributed by atoms with E-state index in [0.29, 0.717) is 11.6 Å². The summed E-state index contributed by atoms with van der Waals surface area (Å²) in [6.07, 6.45) is -0.674. The van der Waals surface area contributed by atoms with E-state index in [9.17, 15) is 9.90 Å². The van der Waals surface area contributed by atoms with Gasteiger partial charge in [-0.05, 0) is 38.5 Å². The summed E-state index contributed by atoms with van der Waals surface area (Å²) >= 11 is 5.90. The number of guanidine groups is 1. The molecule has 1 aliphatic heterocycles. The van der Waals surface area contributed by atoms with Crippen LogP contribution in [0, 0.1) is 0 Å². The molecule has 1 unspecified atom stereocenters. The van der Waals surface area contributed by atoms with E-state index >= 15 is 0 Å². The predicted octanol–water partition coefficient (Wildman–Crippen LogP) is 1.48. The largest absolute Gasteiger partial charge is 0.386 e. The van der Waals surface area contributed by atoms with Crippen molar-refractivity contribution in [1.82, 2.24) is 20.4 Å². The number of aliphatic hydroxyl groups is 1. The van der Waals surface area contributed by atoms with Crippen LogP contribution in [0.15, 0.2) is 29.3 Å². The smallest absolute Gasteiger partial charge is 0.234 e. The van der Waals surface area contributed by atoms with Crippen molar-refractivity contribution in [2.75, 3.05) is 45.8 Å². The van der Waals surface area contributed by atoms with Gasteiger partial charge in [-0.3, -0.25) is 14.7 Å². The van der Waals surface area contributed by atoms with Crippen molar-refractivity contribution < 1.29 is 9.90 Å². The van der Waals surface area contributed by atoms with Crippen LogP contribution in [0.2, 0.25) is 5.02 Å². The molecule has 1 atom stereocenters. The van der Waals surface area contributed by atoms with Gasteiger partial charge in [-0.25, -0.2) is 0 Å². The van der Waals surface area contributed by atoms with E-state index in [1.807, 2.05) is 32.9 Å². The summed E-state index contributed by atoms with van der Waals surface area (Å²) in [7, 11) is 0. The van der Waals surface area contributed by atoms with Crippen molar-refractivity contribution in [2.24, 2.45) is 4.99 Å². The molecule has 2 rings (SSSR count). The quantitative estimate of drug-likeness (QED) is 0.469. The van der Waals surface area contributed by atoms with Crippen LogP contribution < -0.4 is 10.6 Å². The first-order valence-corrected chi connectivity index (χ1v) is 10.2. The minimum absolute atomic E-state index is 0.0649. The summed E-state index contributed by atoms with van der Waals surface area (Å²) < 4.78 is 0. The first kappa shape index (κ1) is 22.5. The Bertz CT molecular complexity index is 643. The second kappa shape index (κ2) is 11.2. The third kappa shape index (κ3) is 7.30. The summed E-state index contributed by atoms with van der Waals surface area (Å²) in [6.45, 7) is 10.6. The maximum atomic E-state index is 11.9. The number of piperazine rings is 1. The molecule has 0 aromatic heterocycles. The zero-order valence-corrected chi connectivity index (χ0v) is 17.7. The number of hydrogen-bond donors (Lipinski definition) is 3. The summed E-state index contributed by atoms with van der Waals surface area (Å²) in [5.41, 5.74) is 0.796. The molecule has 1 aromatic carbocycles. The van der Waals surface area contributed by atoms with Crippen LogP contribution in [-0.2, 0) is 4.79 Å². The SMILES string of the molecule is CCNC(=NCC(O)c1ccc(Cl)cc1)N1CCN(CC(=O)NC(C)C)CC1. The Balaban J connectivity index is 1.88. The van der Waals surface area contributed by atoms with Crippen molar-refractivity contribution in [1.29, 1.82) is 0 Å². The van der Waals surface area contributed by atoms with Gasteiger partial charge in [-0.15, -0.1) is 0 Å². The Kier molecular flexibility index (Phi) is 9.02. The highest BCUT2D eigenvalue weighted by Crippen LogP contribution is 2.16. The fourth-order valence-corrected chi connectivity index (χ4v) is 3.20. The third-order valence-electron chi connectivity index (χ3n) is 4.49. The molecule has 0 aliphatic carbocycles. The first-order valence-electron chi connectivity index (χ1n) is 9.87. The minimum atomic E-state index is -0.674. The number of rotatable bonds is 7. The Morgan fingerprint density at radius 2 is 1.86 bits per heavy atom. The van der Waals surface area contributed by atoms with Gasteiger partial charge in [-0.1, -0.05) is 23.7 Å². The van der Waals surface area contributed by atoms with Crippen LogP contribution in [0.5, 0.6) is 0 Å². The van der Waals surface area contributed by atoms with Gasteiger partial charge < -0.3 is 20.6 Å². The third-order valence-corrected chi connectivity index (χ3v) is 4.74. The van der Waals surface area contributed by atoms with E-state index in [0.717, 1.165) is 44.2 Å². The standard InChI is InChI=1S/C20H32ClN5O2/c1-4-22-20(23-13-18(27)16-5-7-17(21)8-6-16)26-11-9-25(10-12-26)14-19(28)24-15(2)3/h5-8,15,18,27H,4,9-14H2,1-3H3,(H,22,23)(H,24,28). The van der Waals surface area contributed by atoms with Crippen LogP contribution >= 0.6 is 11.6 Å². The Morgan fingerprint density at radius 3 is 2.43 bits per heavy atom. The molecule has 0 spiro atoms. The molecule has 1 fully saturated rings. The van der Waals surface area contributed by atoms with Gasteiger partial charge in [0.25, 0.3) is 0 Å². The lowest BCUT2D eigenvalue weighted by Crippen LogP contribution is -2.54. The van der Waals surface area contributed by atoms with Crippen molar-refractivity contribution in [3.8, 4) is 0 Å². The van der Waals surface area contributed by atoms with E-state index in [2.05, 4.69) is 25.4 Å². The first-order chi connectivity index (χ1) is 13.4. The Labute approximate surface area is 172 Å². The number of amides is 1. The highest BCUT2D eigenvalue weighted by Gasteiger charge is 2.21. The van der Waals surface area contributed by atoms with Crippen LogP contribution in [0.3, 0.4) is 0 Å². The highest BCUT2D eigenvalue weighted by molar-refractivity contribution is 6.30. The van der Waals surface area contributed by atoms with E-state index in [1.165, 1.54) is 0 Å². The predicted molar refractivity (Wildman–Crippen MR) is 114 cm³/mol.